The average Bonchev–Trinajstić information content (AvgIpc) is 3.22. The molecular formula is C15H22N4O. The van der Waals surface area contributed by atoms with Crippen molar-refractivity contribution >= 4 is 5.91 Å². The number of amides is 1. The van der Waals surface area contributed by atoms with Crippen LogP contribution in [-0.2, 0) is 0 Å². The first-order valence-electron chi connectivity index (χ1n) is 7.75. The second kappa shape index (κ2) is 4.58. The standard InChI is InChI=1S/C15H22N4O/c1-18-7-10-2-5-12(9-18)19(8-10)15(20)14-6-13(16-17-14)11-3-4-11/h6,10-12H,2-5,7-9H2,1H3,(H,16,17)/t10-,12+/m0/s1. The van der Waals surface area contributed by atoms with E-state index in [1.54, 1.807) is 0 Å². The fourth-order valence-corrected chi connectivity index (χ4v) is 3.76. The van der Waals surface area contributed by atoms with E-state index in [9.17, 15) is 4.79 Å². The summed E-state index contributed by atoms with van der Waals surface area (Å²) in [6.07, 6.45) is 4.86. The zero-order valence-electron chi connectivity index (χ0n) is 12.0. The van der Waals surface area contributed by atoms with Crippen molar-refractivity contribution in [3.8, 4) is 0 Å². The molecule has 1 aliphatic carbocycles. The number of aromatic amines is 1. The van der Waals surface area contributed by atoms with Crippen molar-refractivity contribution < 1.29 is 4.79 Å². The van der Waals surface area contributed by atoms with Crippen LogP contribution in [0, 0.1) is 5.92 Å². The molecule has 108 valence electrons. The van der Waals surface area contributed by atoms with E-state index in [-0.39, 0.29) is 5.91 Å². The van der Waals surface area contributed by atoms with E-state index in [0.29, 0.717) is 23.6 Å². The van der Waals surface area contributed by atoms with Gasteiger partial charge in [-0.25, -0.2) is 0 Å². The predicted octanol–water partition coefficient (Wildman–Crippen LogP) is 1.45. The van der Waals surface area contributed by atoms with E-state index >= 15 is 0 Å². The lowest BCUT2D eigenvalue weighted by Crippen LogP contribution is -2.47. The van der Waals surface area contributed by atoms with Crippen LogP contribution >= 0.6 is 0 Å². The van der Waals surface area contributed by atoms with Crippen molar-refractivity contribution in [3.63, 3.8) is 0 Å². The summed E-state index contributed by atoms with van der Waals surface area (Å²) < 4.78 is 0. The second-order valence-corrected chi connectivity index (χ2v) is 6.76. The van der Waals surface area contributed by atoms with Crippen molar-refractivity contribution in [1.82, 2.24) is 20.0 Å². The maximum Gasteiger partial charge on any atom is 0.274 e. The molecule has 20 heavy (non-hydrogen) atoms. The highest BCUT2D eigenvalue weighted by atomic mass is 16.2. The third-order valence-corrected chi connectivity index (χ3v) is 4.99. The van der Waals surface area contributed by atoms with Crippen LogP contribution in [0.3, 0.4) is 0 Å². The normalized spacial score (nSPS) is 30.6. The molecule has 0 radical (unpaired) electrons. The number of carbonyl (C=O) groups is 1. The molecule has 5 rings (SSSR count). The zero-order valence-corrected chi connectivity index (χ0v) is 12.0. The molecule has 0 unspecified atom stereocenters. The van der Waals surface area contributed by atoms with Gasteiger partial charge in [0.15, 0.2) is 0 Å². The van der Waals surface area contributed by atoms with Gasteiger partial charge in [0.25, 0.3) is 5.91 Å². The largest absolute Gasteiger partial charge is 0.333 e. The van der Waals surface area contributed by atoms with Crippen LogP contribution in [-0.4, -0.2) is 58.6 Å². The van der Waals surface area contributed by atoms with Crippen LogP contribution in [0.5, 0.6) is 0 Å². The second-order valence-electron chi connectivity index (χ2n) is 6.76. The molecule has 0 aromatic carbocycles. The Kier molecular flexibility index (Phi) is 2.84. The molecule has 4 fully saturated rings. The quantitative estimate of drug-likeness (QED) is 0.888. The number of hydrogen-bond acceptors (Lipinski definition) is 3. The number of carbonyl (C=O) groups excluding carboxylic acids is 1. The lowest BCUT2D eigenvalue weighted by molar-refractivity contribution is 0.0581. The highest BCUT2D eigenvalue weighted by Gasteiger charge is 2.37. The molecule has 3 aliphatic heterocycles. The molecule has 1 N–H and O–H groups in total. The number of rotatable bonds is 2. The Morgan fingerprint density at radius 1 is 1.25 bits per heavy atom. The maximum absolute atomic E-state index is 12.7. The topological polar surface area (TPSA) is 52.2 Å². The zero-order chi connectivity index (χ0) is 13.7. The molecule has 1 aromatic rings. The Balaban J connectivity index is 1.55. The number of likely N-dealkylation sites (N-methyl/N-ethyl adjacent to an activating group) is 1. The summed E-state index contributed by atoms with van der Waals surface area (Å²) in [5.74, 6) is 1.37. The van der Waals surface area contributed by atoms with Crippen molar-refractivity contribution in [1.29, 1.82) is 0 Å². The highest BCUT2D eigenvalue weighted by molar-refractivity contribution is 5.92. The molecule has 4 heterocycles. The summed E-state index contributed by atoms with van der Waals surface area (Å²) in [5, 5.41) is 7.30. The first kappa shape index (κ1) is 12.4. The van der Waals surface area contributed by atoms with Gasteiger partial charge in [-0.15, -0.1) is 0 Å². The molecule has 2 bridgehead atoms. The fraction of sp³-hybridized carbons (Fsp3) is 0.733. The van der Waals surface area contributed by atoms with Gasteiger partial charge in [0.05, 0.1) is 0 Å². The van der Waals surface area contributed by atoms with Crippen LogP contribution in [0.2, 0.25) is 0 Å². The Morgan fingerprint density at radius 2 is 2.10 bits per heavy atom. The summed E-state index contributed by atoms with van der Waals surface area (Å²) in [4.78, 5) is 17.2. The third kappa shape index (κ3) is 2.14. The summed E-state index contributed by atoms with van der Waals surface area (Å²) in [6.45, 7) is 3.02. The van der Waals surface area contributed by atoms with E-state index < -0.39 is 0 Å². The number of nitrogens with zero attached hydrogens (tertiary/aromatic N) is 3. The van der Waals surface area contributed by atoms with Gasteiger partial charge in [-0.05, 0) is 44.7 Å². The van der Waals surface area contributed by atoms with Crippen molar-refractivity contribution in [3.05, 3.63) is 17.5 Å². The van der Waals surface area contributed by atoms with E-state index in [0.717, 1.165) is 31.7 Å². The van der Waals surface area contributed by atoms with Gasteiger partial charge < -0.3 is 9.80 Å². The van der Waals surface area contributed by atoms with Gasteiger partial charge in [-0.3, -0.25) is 9.89 Å². The Hall–Kier alpha value is -1.36. The van der Waals surface area contributed by atoms with Gasteiger partial charge in [-0.2, -0.15) is 5.10 Å². The molecule has 2 atom stereocenters. The number of piperidine rings is 1. The SMILES string of the molecule is CN1C[C@@H]2CC[C@H](C1)N(C(=O)c1cc(C3CC3)[nH]n1)C2. The minimum absolute atomic E-state index is 0.123. The summed E-state index contributed by atoms with van der Waals surface area (Å²) in [7, 11) is 2.17. The number of hydrogen-bond donors (Lipinski definition) is 1. The number of H-pyrrole nitrogens is 1. The molecule has 1 saturated carbocycles. The predicted molar refractivity (Wildman–Crippen MR) is 75.6 cm³/mol. The number of fused-ring (bicyclic) bond motifs is 4. The monoisotopic (exact) mass is 274 g/mol. The molecular weight excluding hydrogens is 252 g/mol. The Morgan fingerprint density at radius 3 is 2.90 bits per heavy atom. The first-order valence-corrected chi connectivity index (χ1v) is 7.75. The van der Waals surface area contributed by atoms with Gasteiger partial charge in [0.1, 0.15) is 5.69 Å². The minimum Gasteiger partial charge on any atom is -0.333 e. The van der Waals surface area contributed by atoms with Crippen molar-refractivity contribution in [2.75, 3.05) is 26.7 Å². The molecule has 4 aliphatic rings. The van der Waals surface area contributed by atoms with Gasteiger partial charge in [0.2, 0.25) is 0 Å². The van der Waals surface area contributed by atoms with Gasteiger partial charge in [-0.1, -0.05) is 0 Å². The van der Waals surface area contributed by atoms with E-state index in [1.165, 1.54) is 19.3 Å². The van der Waals surface area contributed by atoms with Crippen LogP contribution in [0.15, 0.2) is 6.07 Å². The Labute approximate surface area is 119 Å². The molecule has 3 saturated heterocycles. The lowest BCUT2D eigenvalue weighted by Gasteiger charge is -2.35. The summed E-state index contributed by atoms with van der Waals surface area (Å²) >= 11 is 0. The lowest BCUT2D eigenvalue weighted by atomic mass is 9.94. The van der Waals surface area contributed by atoms with Gasteiger partial charge in [0, 0.05) is 37.3 Å². The van der Waals surface area contributed by atoms with E-state index in [2.05, 4.69) is 27.0 Å². The summed E-state index contributed by atoms with van der Waals surface area (Å²) in [5.41, 5.74) is 1.76. The molecule has 1 amide bonds. The van der Waals surface area contributed by atoms with Crippen LogP contribution in [0.1, 0.15) is 47.8 Å². The molecule has 0 spiro atoms. The summed E-state index contributed by atoms with van der Waals surface area (Å²) in [6, 6.07) is 2.34. The highest BCUT2D eigenvalue weighted by Crippen LogP contribution is 2.39. The fourth-order valence-electron chi connectivity index (χ4n) is 3.76. The molecule has 5 nitrogen and oxygen atoms in total. The van der Waals surface area contributed by atoms with Crippen molar-refractivity contribution in [2.24, 2.45) is 5.92 Å². The Bertz CT molecular complexity index is 522. The maximum atomic E-state index is 12.7. The van der Waals surface area contributed by atoms with Crippen LogP contribution < -0.4 is 0 Å². The van der Waals surface area contributed by atoms with E-state index in [1.807, 2.05) is 6.07 Å². The molecule has 1 aromatic heterocycles. The van der Waals surface area contributed by atoms with Crippen LogP contribution in [0.4, 0.5) is 0 Å². The van der Waals surface area contributed by atoms with Crippen LogP contribution in [0.25, 0.3) is 0 Å². The number of nitrogens with one attached hydrogen (secondary N) is 1. The number of aromatic nitrogens is 2. The average molecular weight is 274 g/mol. The van der Waals surface area contributed by atoms with Crippen molar-refractivity contribution in [2.45, 2.75) is 37.6 Å². The molecule has 5 heteroatoms. The van der Waals surface area contributed by atoms with Gasteiger partial charge >= 0.3 is 0 Å². The minimum atomic E-state index is 0.123. The van der Waals surface area contributed by atoms with E-state index in [4.69, 9.17) is 0 Å². The first-order chi connectivity index (χ1) is 9.70. The third-order valence-electron chi connectivity index (χ3n) is 4.99. The smallest absolute Gasteiger partial charge is 0.274 e.